The molecule has 0 fully saturated rings. The van der Waals surface area contributed by atoms with E-state index in [9.17, 15) is 22.0 Å². The Labute approximate surface area is 115 Å². The minimum atomic E-state index is -4.04. The highest BCUT2D eigenvalue weighted by atomic mass is 32.2. The molecule has 0 spiro atoms. The number of carbonyl (C=O) groups excluding carboxylic acids is 1. The zero-order valence-corrected chi connectivity index (χ0v) is 11.7. The molecule has 0 bridgehead atoms. The summed E-state index contributed by atoms with van der Waals surface area (Å²) in [6.45, 7) is -0.807. The van der Waals surface area contributed by atoms with Crippen LogP contribution in [-0.4, -0.2) is 41.4 Å². The highest BCUT2D eigenvalue weighted by molar-refractivity contribution is 7.89. The van der Waals surface area contributed by atoms with Gasteiger partial charge in [0.25, 0.3) is 12.3 Å². The fourth-order valence-electron chi connectivity index (χ4n) is 1.52. The SMILES string of the molecule is CN(C)c1ccc(C(=O)NCC(F)F)cc1S(N)(=O)=O. The number of nitrogens with zero attached hydrogens (tertiary/aromatic N) is 1. The predicted molar refractivity (Wildman–Crippen MR) is 70.5 cm³/mol. The highest BCUT2D eigenvalue weighted by Gasteiger charge is 2.18. The van der Waals surface area contributed by atoms with E-state index in [1.54, 1.807) is 14.1 Å². The molecular weight excluding hydrogens is 292 g/mol. The van der Waals surface area contributed by atoms with Gasteiger partial charge in [-0.3, -0.25) is 4.79 Å². The lowest BCUT2D eigenvalue weighted by atomic mass is 10.2. The molecule has 9 heteroatoms. The van der Waals surface area contributed by atoms with Gasteiger partial charge in [0, 0.05) is 19.7 Å². The van der Waals surface area contributed by atoms with Crippen molar-refractivity contribution < 1.29 is 22.0 Å². The van der Waals surface area contributed by atoms with Crippen LogP contribution in [-0.2, 0) is 10.0 Å². The van der Waals surface area contributed by atoms with E-state index in [4.69, 9.17) is 5.14 Å². The molecule has 0 aliphatic carbocycles. The summed E-state index contributed by atoms with van der Waals surface area (Å²) in [6, 6.07) is 3.79. The summed E-state index contributed by atoms with van der Waals surface area (Å²) in [5.41, 5.74) is 0.248. The maximum Gasteiger partial charge on any atom is 0.255 e. The Morgan fingerprint density at radius 3 is 2.45 bits per heavy atom. The number of halogens is 2. The Morgan fingerprint density at radius 1 is 1.40 bits per heavy atom. The van der Waals surface area contributed by atoms with Gasteiger partial charge in [0.05, 0.1) is 12.2 Å². The highest BCUT2D eigenvalue weighted by Crippen LogP contribution is 2.23. The van der Waals surface area contributed by atoms with E-state index in [1.165, 1.54) is 17.0 Å². The van der Waals surface area contributed by atoms with Crippen LogP contribution in [0.3, 0.4) is 0 Å². The van der Waals surface area contributed by atoms with Gasteiger partial charge < -0.3 is 10.2 Å². The van der Waals surface area contributed by atoms with Gasteiger partial charge in [0.2, 0.25) is 10.0 Å². The van der Waals surface area contributed by atoms with Gasteiger partial charge in [0.15, 0.2) is 0 Å². The topological polar surface area (TPSA) is 92.5 Å². The van der Waals surface area contributed by atoms with E-state index in [1.807, 2.05) is 5.32 Å². The minimum absolute atomic E-state index is 0.0553. The molecule has 0 aromatic heterocycles. The summed E-state index contributed by atoms with van der Waals surface area (Å²) >= 11 is 0. The molecule has 1 rings (SSSR count). The Bertz CT molecular complexity index is 603. The third kappa shape index (κ3) is 4.14. The van der Waals surface area contributed by atoms with Crippen molar-refractivity contribution in [1.29, 1.82) is 0 Å². The molecule has 0 aliphatic rings. The summed E-state index contributed by atoms with van der Waals surface area (Å²) in [4.78, 5) is 12.9. The van der Waals surface area contributed by atoms with Crippen LogP contribution < -0.4 is 15.4 Å². The second kappa shape index (κ2) is 6.14. The third-order valence-corrected chi connectivity index (χ3v) is 3.37. The van der Waals surface area contributed by atoms with Crippen molar-refractivity contribution in [2.75, 3.05) is 25.5 Å². The van der Waals surface area contributed by atoms with Crippen LogP contribution in [0.1, 0.15) is 10.4 Å². The molecule has 0 aliphatic heterocycles. The number of carbonyl (C=O) groups is 1. The van der Waals surface area contributed by atoms with Crippen LogP contribution in [0.2, 0.25) is 0 Å². The minimum Gasteiger partial charge on any atom is -0.377 e. The van der Waals surface area contributed by atoms with E-state index in [0.29, 0.717) is 5.69 Å². The molecule has 0 saturated heterocycles. The van der Waals surface area contributed by atoms with Crippen LogP contribution in [0.15, 0.2) is 23.1 Å². The van der Waals surface area contributed by atoms with Crippen molar-refractivity contribution in [3.63, 3.8) is 0 Å². The van der Waals surface area contributed by atoms with Crippen molar-refractivity contribution in [3.05, 3.63) is 23.8 Å². The Kier molecular flexibility index (Phi) is 5.01. The lowest BCUT2D eigenvalue weighted by molar-refractivity contribution is 0.0891. The smallest absolute Gasteiger partial charge is 0.255 e. The number of amides is 1. The van der Waals surface area contributed by atoms with Gasteiger partial charge in [-0.2, -0.15) is 0 Å². The Morgan fingerprint density at radius 2 is 2.00 bits per heavy atom. The second-order valence-electron chi connectivity index (χ2n) is 4.22. The summed E-state index contributed by atoms with van der Waals surface area (Å²) in [5.74, 6) is -0.791. The summed E-state index contributed by atoms with van der Waals surface area (Å²) in [5, 5.41) is 7.07. The first kappa shape index (κ1) is 16.3. The fraction of sp³-hybridized carbons (Fsp3) is 0.364. The molecule has 0 atom stereocenters. The third-order valence-electron chi connectivity index (χ3n) is 2.43. The maximum atomic E-state index is 12.0. The molecule has 0 radical (unpaired) electrons. The first-order valence-electron chi connectivity index (χ1n) is 5.53. The first-order valence-corrected chi connectivity index (χ1v) is 7.08. The van der Waals surface area contributed by atoms with Gasteiger partial charge in [-0.25, -0.2) is 22.3 Å². The van der Waals surface area contributed by atoms with Gasteiger partial charge in [-0.05, 0) is 18.2 Å². The summed E-state index contributed by atoms with van der Waals surface area (Å²) < 4.78 is 47.0. The number of benzene rings is 1. The van der Waals surface area contributed by atoms with Gasteiger partial charge in [-0.15, -0.1) is 0 Å². The summed E-state index contributed by atoms with van der Waals surface area (Å²) in [6.07, 6.45) is -2.68. The van der Waals surface area contributed by atoms with Crippen LogP contribution in [0.25, 0.3) is 0 Å². The van der Waals surface area contributed by atoms with Gasteiger partial charge in [-0.1, -0.05) is 0 Å². The molecule has 0 heterocycles. The lowest BCUT2D eigenvalue weighted by Gasteiger charge is -2.17. The maximum absolute atomic E-state index is 12.0. The number of alkyl halides is 2. The van der Waals surface area contributed by atoms with Crippen LogP contribution in [0, 0.1) is 0 Å². The average Bonchev–Trinajstić information content (AvgIpc) is 2.33. The monoisotopic (exact) mass is 307 g/mol. The molecule has 1 aromatic rings. The standard InChI is InChI=1S/C11H15F2N3O3S/c1-16(2)8-4-3-7(5-9(8)20(14,18)19)11(17)15-6-10(12)13/h3-5,10H,6H2,1-2H3,(H,15,17)(H2,14,18,19). The molecule has 1 aromatic carbocycles. The van der Waals surface area contributed by atoms with Crippen LogP contribution in [0.5, 0.6) is 0 Å². The number of nitrogens with one attached hydrogen (secondary N) is 1. The lowest BCUT2D eigenvalue weighted by Crippen LogP contribution is -2.29. The van der Waals surface area contributed by atoms with Gasteiger partial charge >= 0.3 is 0 Å². The average molecular weight is 307 g/mol. The number of hydrogen-bond donors (Lipinski definition) is 2. The number of rotatable bonds is 5. The van der Waals surface area contributed by atoms with Crippen molar-refractivity contribution in [2.45, 2.75) is 11.3 Å². The van der Waals surface area contributed by atoms with E-state index < -0.39 is 28.9 Å². The molecule has 3 N–H and O–H groups in total. The fourth-order valence-corrected chi connectivity index (χ4v) is 2.36. The number of anilines is 1. The Hall–Kier alpha value is -1.74. The van der Waals surface area contributed by atoms with E-state index >= 15 is 0 Å². The number of primary sulfonamides is 1. The van der Waals surface area contributed by atoms with E-state index in [2.05, 4.69) is 0 Å². The van der Waals surface area contributed by atoms with Crippen molar-refractivity contribution in [3.8, 4) is 0 Å². The number of nitrogens with two attached hydrogens (primary N) is 1. The van der Waals surface area contributed by atoms with E-state index in [0.717, 1.165) is 6.07 Å². The molecular formula is C11H15F2N3O3S. The molecule has 6 nitrogen and oxygen atoms in total. The zero-order valence-electron chi connectivity index (χ0n) is 10.9. The second-order valence-corrected chi connectivity index (χ2v) is 5.75. The molecule has 112 valence electrons. The normalized spacial score (nSPS) is 11.5. The van der Waals surface area contributed by atoms with Crippen molar-refractivity contribution >= 4 is 21.6 Å². The first-order chi connectivity index (χ1) is 9.12. The van der Waals surface area contributed by atoms with E-state index in [-0.39, 0.29) is 10.5 Å². The van der Waals surface area contributed by atoms with Crippen molar-refractivity contribution in [1.82, 2.24) is 5.32 Å². The summed E-state index contributed by atoms with van der Waals surface area (Å²) in [7, 11) is -0.812. The van der Waals surface area contributed by atoms with Crippen LogP contribution >= 0.6 is 0 Å². The zero-order chi connectivity index (χ0) is 15.5. The molecule has 0 saturated carbocycles. The molecule has 20 heavy (non-hydrogen) atoms. The molecule has 1 amide bonds. The largest absolute Gasteiger partial charge is 0.377 e. The van der Waals surface area contributed by atoms with Gasteiger partial charge in [0.1, 0.15) is 4.90 Å². The van der Waals surface area contributed by atoms with Crippen molar-refractivity contribution in [2.24, 2.45) is 5.14 Å². The predicted octanol–water partition coefficient (Wildman–Crippen LogP) is 0.395. The number of hydrogen-bond acceptors (Lipinski definition) is 4. The number of sulfonamides is 1. The molecule has 0 unspecified atom stereocenters. The Balaban J connectivity index is 3.17. The quantitative estimate of drug-likeness (QED) is 0.823. The van der Waals surface area contributed by atoms with Crippen LogP contribution in [0.4, 0.5) is 14.5 Å².